The molecule has 1 aliphatic heterocycles. The third-order valence-electron chi connectivity index (χ3n) is 6.80. The number of benzene rings is 1. The predicted molar refractivity (Wildman–Crippen MR) is 136 cm³/mol. The SMILES string of the molecule is CC(C)N(C)C(=O)[C@H]1CN([C@H]2c3ncc(Br)cc3CCc3cc(Cl)cc(Br)c32)CCN1C. The van der Waals surface area contributed by atoms with Gasteiger partial charge in [0.25, 0.3) is 0 Å². The van der Waals surface area contributed by atoms with Crippen molar-refractivity contribution in [1.29, 1.82) is 0 Å². The van der Waals surface area contributed by atoms with Crippen LogP contribution in [0, 0.1) is 0 Å². The van der Waals surface area contributed by atoms with Crippen molar-refractivity contribution in [2.45, 2.75) is 44.8 Å². The molecule has 8 heteroatoms. The number of likely N-dealkylation sites (N-methyl/N-ethyl adjacent to an activating group) is 2. The quantitative estimate of drug-likeness (QED) is 0.513. The van der Waals surface area contributed by atoms with Gasteiger partial charge in [0.1, 0.15) is 6.04 Å². The molecule has 172 valence electrons. The summed E-state index contributed by atoms with van der Waals surface area (Å²) in [5.74, 6) is 0.167. The number of aromatic nitrogens is 1. The number of carbonyl (C=O) groups is 1. The molecule has 1 fully saturated rings. The summed E-state index contributed by atoms with van der Waals surface area (Å²) in [6.07, 6.45) is 3.69. The molecule has 0 bridgehead atoms. The molecule has 1 saturated heterocycles. The lowest BCUT2D eigenvalue weighted by atomic mass is 9.95. The highest BCUT2D eigenvalue weighted by atomic mass is 79.9. The molecule has 2 atom stereocenters. The number of carbonyl (C=O) groups excluding carboxylic acids is 1. The number of piperazine rings is 1. The van der Waals surface area contributed by atoms with Gasteiger partial charge in [-0.15, -0.1) is 0 Å². The van der Waals surface area contributed by atoms with Crippen LogP contribution < -0.4 is 0 Å². The van der Waals surface area contributed by atoms with Gasteiger partial charge >= 0.3 is 0 Å². The van der Waals surface area contributed by atoms with E-state index in [-0.39, 0.29) is 24.0 Å². The van der Waals surface area contributed by atoms with Gasteiger partial charge in [0.05, 0.1) is 11.7 Å². The van der Waals surface area contributed by atoms with E-state index >= 15 is 0 Å². The van der Waals surface area contributed by atoms with E-state index in [1.165, 1.54) is 16.7 Å². The highest BCUT2D eigenvalue weighted by molar-refractivity contribution is 9.10. The number of halogens is 3. The second kappa shape index (κ2) is 9.71. The summed E-state index contributed by atoms with van der Waals surface area (Å²) in [6, 6.07) is 6.19. The molecule has 2 aliphatic rings. The molecule has 0 radical (unpaired) electrons. The van der Waals surface area contributed by atoms with E-state index in [2.05, 4.69) is 67.6 Å². The maximum atomic E-state index is 13.3. The zero-order valence-corrected chi connectivity index (χ0v) is 22.8. The summed E-state index contributed by atoms with van der Waals surface area (Å²) >= 11 is 13.8. The van der Waals surface area contributed by atoms with Gasteiger partial charge in [-0.25, -0.2) is 0 Å². The third kappa shape index (κ3) is 4.64. The van der Waals surface area contributed by atoms with Crippen molar-refractivity contribution in [2.24, 2.45) is 0 Å². The molecule has 0 saturated carbocycles. The van der Waals surface area contributed by atoms with Crippen LogP contribution >= 0.6 is 43.5 Å². The first-order valence-corrected chi connectivity index (χ1v) is 13.0. The smallest absolute Gasteiger partial charge is 0.241 e. The normalized spacial score (nSPS) is 21.8. The first-order valence-electron chi connectivity index (χ1n) is 11.0. The van der Waals surface area contributed by atoms with Crippen LogP contribution in [0.5, 0.6) is 0 Å². The number of hydrogen-bond donors (Lipinski definition) is 0. The standard InChI is InChI=1S/C24H29Br2ClN4O/c1-14(2)30(4)24(32)20-13-31(8-7-29(20)3)23-21-15(10-18(27)11-19(21)26)5-6-16-9-17(25)12-28-22(16)23/h9-12,14,20,23H,5-8,13H2,1-4H3/t20-,23-/m1/s1. The maximum Gasteiger partial charge on any atom is 0.241 e. The molecule has 1 aromatic carbocycles. The summed E-state index contributed by atoms with van der Waals surface area (Å²) in [4.78, 5) is 24.7. The van der Waals surface area contributed by atoms with Gasteiger partial charge in [0, 0.05) is 52.9 Å². The minimum Gasteiger partial charge on any atom is -0.342 e. The van der Waals surface area contributed by atoms with Gasteiger partial charge in [0.2, 0.25) is 5.91 Å². The van der Waals surface area contributed by atoms with E-state index in [1.807, 2.05) is 31.3 Å². The highest BCUT2D eigenvalue weighted by Gasteiger charge is 2.39. The number of aryl methyl sites for hydroxylation is 2. The Bertz CT molecular complexity index is 1030. The molecule has 0 N–H and O–H groups in total. The molecular weight excluding hydrogens is 556 g/mol. The molecule has 5 nitrogen and oxygen atoms in total. The van der Waals surface area contributed by atoms with Crippen LogP contribution in [0.4, 0.5) is 0 Å². The average molecular weight is 585 g/mol. The van der Waals surface area contributed by atoms with Crippen LogP contribution in [0.15, 0.2) is 33.3 Å². The van der Waals surface area contributed by atoms with E-state index in [4.69, 9.17) is 16.6 Å². The number of rotatable bonds is 3. The fourth-order valence-electron chi connectivity index (χ4n) is 4.74. The average Bonchev–Trinajstić information content (AvgIpc) is 2.90. The van der Waals surface area contributed by atoms with Gasteiger partial charge in [-0.2, -0.15) is 0 Å². The molecule has 2 heterocycles. The molecule has 2 aromatic rings. The van der Waals surface area contributed by atoms with Crippen LogP contribution in [0.1, 0.15) is 42.3 Å². The number of hydrogen-bond acceptors (Lipinski definition) is 4. The van der Waals surface area contributed by atoms with E-state index in [0.717, 1.165) is 45.6 Å². The van der Waals surface area contributed by atoms with E-state index in [0.29, 0.717) is 6.54 Å². The number of pyridine rings is 1. The van der Waals surface area contributed by atoms with Gasteiger partial charge < -0.3 is 4.90 Å². The highest BCUT2D eigenvalue weighted by Crippen LogP contribution is 2.42. The Hall–Kier alpha value is -0.990. The third-order valence-corrected chi connectivity index (χ3v) is 8.10. The van der Waals surface area contributed by atoms with E-state index in [1.54, 1.807) is 0 Å². The first kappa shape index (κ1) is 24.1. The van der Waals surface area contributed by atoms with E-state index < -0.39 is 0 Å². The first-order chi connectivity index (χ1) is 15.2. The minimum absolute atomic E-state index is 0.0319. The Balaban J connectivity index is 1.79. The summed E-state index contributed by atoms with van der Waals surface area (Å²) in [7, 11) is 3.95. The van der Waals surface area contributed by atoms with Crippen LogP contribution in [-0.4, -0.2) is 71.4 Å². The van der Waals surface area contributed by atoms with Gasteiger partial charge in [-0.3, -0.25) is 19.6 Å². The van der Waals surface area contributed by atoms with Crippen LogP contribution in [0.25, 0.3) is 0 Å². The van der Waals surface area contributed by atoms with Crippen molar-refractivity contribution >= 4 is 49.4 Å². The molecule has 4 rings (SSSR count). The predicted octanol–water partition coefficient (Wildman–Crippen LogP) is 4.93. The largest absolute Gasteiger partial charge is 0.342 e. The fraction of sp³-hybridized carbons (Fsp3) is 0.500. The van der Waals surface area contributed by atoms with Crippen LogP contribution in [0.3, 0.4) is 0 Å². The lowest BCUT2D eigenvalue weighted by Crippen LogP contribution is -2.59. The second-order valence-corrected chi connectivity index (χ2v) is 11.3. The summed E-state index contributed by atoms with van der Waals surface area (Å²) in [5, 5.41) is 0.736. The van der Waals surface area contributed by atoms with Gasteiger partial charge in [-0.05, 0) is 84.6 Å². The molecule has 1 amide bonds. The Morgan fingerprint density at radius 2 is 1.91 bits per heavy atom. The van der Waals surface area contributed by atoms with Crippen molar-refractivity contribution in [3.8, 4) is 0 Å². The Morgan fingerprint density at radius 1 is 1.19 bits per heavy atom. The molecular formula is C24H29Br2ClN4O. The summed E-state index contributed by atoms with van der Waals surface area (Å²) in [6.45, 7) is 6.45. The zero-order valence-electron chi connectivity index (χ0n) is 18.9. The van der Waals surface area contributed by atoms with Gasteiger partial charge in [0.15, 0.2) is 0 Å². The topological polar surface area (TPSA) is 39.7 Å². The van der Waals surface area contributed by atoms with Crippen molar-refractivity contribution in [2.75, 3.05) is 33.7 Å². The van der Waals surface area contributed by atoms with Crippen molar-refractivity contribution in [1.82, 2.24) is 19.7 Å². The molecule has 32 heavy (non-hydrogen) atoms. The van der Waals surface area contributed by atoms with Crippen molar-refractivity contribution in [3.05, 3.63) is 60.7 Å². The Kier molecular flexibility index (Phi) is 7.32. The van der Waals surface area contributed by atoms with Crippen molar-refractivity contribution < 1.29 is 4.79 Å². The lowest BCUT2D eigenvalue weighted by molar-refractivity contribution is -0.139. The lowest BCUT2D eigenvalue weighted by Gasteiger charge is -2.44. The monoisotopic (exact) mass is 582 g/mol. The summed E-state index contributed by atoms with van der Waals surface area (Å²) in [5.41, 5.74) is 4.77. The second-order valence-electron chi connectivity index (χ2n) is 9.10. The number of amides is 1. The Labute approximate surface area is 212 Å². The fourth-order valence-corrected chi connectivity index (χ4v) is 6.21. The van der Waals surface area contributed by atoms with Crippen molar-refractivity contribution in [3.63, 3.8) is 0 Å². The van der Waals surface area contributed by atoms with E-state index in [9.17, 15) is 4.79 Å². The maximum absolute atomic E-state index is 13.3. The minimum atomic E-state index is -0.187. The summed E-state index contributed by atoms with van der Waals surface area (Å²) < 4.78 is 1.99. The number of nitrogens with zero attached hydrogens (tertiary/aromatic N) is 4. The molecule has 0 spiro atoms. The Morgan fingerprint density at radius 3 is 2.62 bits per heavy atom. The van der Waals surface area contributed by atoms with Gasteiger partial charge in [-0.1, -0.05) is 27.5 Å². The van der Waals surface area contributed by atoms with Crippen LogP contribution in [-0.2, 0) is 17.6 Å². The van der Waals surface area contributed by atoms with Crippen LogP contribution in [0.2, 0.25) is 5.02 Å². The zero-order chi connectivity index (χ0) is 23.2. The molecule has 1 aliphatic carbocycles. The molecule has 0 unspecified atom stereocenters. The molecule has 1 aromatic heterocycles. The number of fused-ring (bicyclic) bond motifs is 2.